The molecule has 0 aromatic carbocycles. The van der Waals surface area contributed by atoms with Crippen LogP contribution in [0.25, 0.3) is 0 Å². The zero-order valence-electron chi connectivity index (χ0n) is 10.9. The van der Waals surface area contributed by atoms with Gasteiger partial charge in [0.2, 0.25) is 0 Å². The van der Waals surface area contributed by atoms with E-state index in [-0.39, 0.29) is 23.5 Å². The molecule has 18 heavy (non-hydrogen) atoms. The molecule has 0 N–H and O–H groups in total. The highest BCUT2D eigenvalue weighted by molar-refractivity contribution is 5.73. The molecule has 1 saturated heterocycles. The Morgan fingerprint density at radius 1 is 1.44 bits per heavy atom. The summed E-state index contributed by atoms with van der Waals surface area (Å²) in [5, 5.41) is 11.2. The Morgan fingerprint density at radius 2 is 2.06 bits per heavy atom. The molecule has 102 valence electrons. The molecule has 2 fully saturated rings. The van der Waals surface area contributed by atoms with E-state index in [1.54, 1.807) is 6.92 Å². The number of hydrogen-bond acceptors (Lipinski definition) is 4. The smallest absolute Gasteiger partial charge is 0.415 e. The van der Waals surface area contributed by atoms with Gasteiger partial charge < -0.3 is 4.74 Å². The largest absolute Gasteiger partial charge is 0.450 e. The Balaban J connectivity index is 2.12. The summed E-state index contributed by atoms with van der Waals surface area (Å²) >= 11 is 0. The Hall–Kier alpha value is -1.33. The first-order valence-corrected chi connectivity index (χ1v) is 6.64. The molecule has 6 heteroatoms. The number of hydrogen-bond donors (Lipinski definition) is 0. The third kappa shape index (κ3) is 1.93. The van der Waals surface area contributed by atoms with Gasteiger partial charge in [0.15, 0.2) is 0 Å². The molecule has 2 aliphatic rings. The summed E-state index contributed by atoms with van der Waals surface area (Å²) in [6.45, 7) is 3.49. The number of carbonyl (C=O) groups is 1. The second kappa shape index (κ2) is 4.74. The van der Waals surface area contributed by atoms with Crippen molar-refractivity contribution >= 4 is 6.09 Å². The molecule has 0 aromatic heterocycles. The van der Waals surface area contributed by atoms with Gasteiger partial charge in [-0.25, -0.2) is 9.69 Å². The van der Waals surface area contributed by atoms with Crippen molar-refractivity contribution in [3.8, 4) is 0 Å². The van der Waals surface area contributed by atoms with E-state index in [1.165, 1.54) is 18.2 Å². The highest BCUT2D eigenvalue weighted by atomic mass is 16.6. The highest BCUT2D eigenvalue weighted by Crippen LogP contribution is 2.50. The molecular weight excluding hydrogens is 236 g/mol. The van der Waals surface area contributed by atoms with Crippen molar-refractivity contribution in [2.75, 3.05) is 6.61 Å². The summed E-state index contributed by atoms with van der Waals surface area (Å²) < 4.78 is 4.92. The molecule has 2 atom stereocenters. The second-order valence-corrected chi connectivity index (χ2v) is 5.26. The Bertz CT molecular complexity index is 354. The van der Waals surface area contributed by atoms with Gasteiger partial charge in [-0.2, -0.15) is 0 Å². The van der Waals surface area contributed by atoms with E-state index in [9.17, 15) is 14.9 Å². The van der Waals surface area contributed by atoms with E-state index in [2.05, 4.69) is 0 Å². The van der Waals surface area contributed by atoms with E-state index in [0.717, 1.165) is 25.7 Å². The minimum Gasteiger partial charge on any atom is -0.450 e. The van der Waals surface area contributed by atoms with Crippen LogP contribution in [0.3, 0.4) is 0 Å². The SMILES string of the molecule is CCOC(=O)N1[C@@H](C2CCCCC2)[C@]1(C)[N+](=O)[O-]. The lowest BCUT2D eigenvalue weighted by Gasteiger charge is -2.20. The summed E-state index contributed by atoms with van der Waals surface area (Å²) in [6, 6.07) is -0.285. The van der Waals surface area contributed by atoms with Gasteiger partial charge in [0.1, 0.15) is 6.04 Å². The van der Waals surface area contributed by atoms with Crippen molar-refractivity contribution in [2.24, 2.45) is 5.92 Å². The molecule has 2 rings (SSSR count). The van der Waals surface area contributed by atoms with Gasteiger partial charge in [-0.15, -0.1) is 0 Å². The van der Waals surface area contributed by atoms with Crippen LogP contribution in [0.4, 0.5) is 4.79 Å². The third-order valence-electron chi connectivity index (χ3n) is 4.19. The fourth-order valence-electron chi connectivity index (χ4n) is 3.20. The molecular formula is C12H20N2O4. The van der Waals surface area contributed by atoms with Crippen LogP contribution in [0.2, 0.25) is 0 Å². The maximum atomic E-state index is 11.8. The van der Waals surface area contributed by atoms with Crippen LogP contribution in [-0.2, 0) is 4.74 Å². The summed E-state index contributed by atoms with van der Waals surface area (Å²) in [4.78, 5) is 24.0. The van der Waals surface area contributed by atoms with Crippen LogP contribution in [0, 0.1) is 16.0 Å². The highest BCUT2D eigenvalue weighted by Gasteiger charge is 2.75. The van der Waals surface area contributed by atoms with Crippen molar-refractivity contribution in [2.45, 2.75) is 57.7 Å². The molecule has 0 bridgehead atoms. The van der Waals surface area contributed by atoms with E-state index in [4.69, 9.17) is 4.74 Å². The first-order chi connectivity index (χ1) is 8.53. The lowest BCUT2D eigenvalue weighted by molar-refractivity contribution is -0.545. The van der Waals surface area contributed by atoms with Gasteiger partial charge in [-0.3, -0.25) is 10.1 Å². The summed E-state index contributed by atoms with van der Waals surface area (Å²) in [5.41, 5.74) is -1.26. The number of rotatable bonds is 3. The monoisotopic (exact) mass is 256 g/mol. The predicted molar refractivity (Wildman–Crippen MR) is 64.6 cm³/mol. The Kier molecular flexibility index (Phi) is 3.45. The van der Waals surface area contributed by atoms with E-state index in [0.29, 0.717) is 0 Å². The zero-order valence-corrected chi connectivity index (χ0v) is 10.9. The molecule has 0 aromatic rings. The topological polar surface area (TPSA) is 72.5 Å². The fourth-order valence-corrected chi connectivity index (χ4v) is 3.20. The molecule has 1 heterocycles. The fraction of sp³-hybridized carbons (Fsp3) is 0.917. The van der Waals surface area contributed by atoms with Crippen LogP contribution >= 0.6 is 0 Å². The number of carbonyl (C=O) groups excluding carboxylic acids is 1. The number of nitrogens with zero attached hydrogens (tertiary/aromatic N) is 2. The molecule has 1 aliphatic heterocycles. The van der Waals surface area contributed by atoms with E-state index < -0.39 is 11.8 Å². The van der Waals surface area contributed by atoms with Gasteiger partial charge in [0, 0.05) is 6.92 Å². The van der Waals surface area contributed by atoms with Gasteiger partial charge >= 0.3 is 11.8 Å². The van der Waals surface area contributed by atoms with Crippen LogP contribution in [-0.4, -0.2) is 34.2 Å². The molecule has 0 spiro atoms. The van der Waals surface area contributed by atoms with Gasteiger partial charge in [0.05, 0.1) is 11.5 Å². The average molecular weight is 256 g/mol. The van der Waals surface area contributed by atoms with Crippen LogP contribution < -0.4 is 0 Å². The normalized spacial score (nSPS) is 32.1. The van der Waals surface area contributed by atoms with Gasteiger partial charge in [0.25, 0.3) is 0 Å². The van der Waals surface area contributed by atoms with Crippen molar-refractivity contribution in [3.63, 3.8) is 0 Å². The van der Waals surface area contributed by atoms with Crippen molar-refractivity contribution in [1.82, 2.24) is 4.90 Å². The molecule has 1 amide bonds. The molecule has 1 aliphatic carbocycles. The number of ether oxygens (including phenoxy) is 1. The standard InChI is InChI=1S/C12H20N2O4/c1-3-18-11(15)13-10(12(13,2)14(16)17)9-7-5-4-6-8-9/h9-10H,3-8H2,1-2H3/t10-,12-,13?/m0/s1. The minimum absolute atomic E-state index is 0.249. The lowest BCUT2D eigenvalue weighted by atomic mass is 9.85. The minimum atomic E-state index is -1.26. The predicted octanol–water partition coefficient (Wildman–Crippen LogP) is 2.40. The molecule has 1 saturated carbocycles. The van der Waals surface area contributed by atoms with Crippen molar-refractivity contribution in [3.05, 3.63) is 10.1 Å². The maximum absolute atomic E-state index is 11.8. The summed E-state index contributed by atoms with van der Waals surface area (Å²) in [6.07, 6.45) is 4.80. The summed E-state index contributed by atoms with van der Waals surface area (Å²) in [5.74, 6) is 0.249. The van der Waals surface area contributed by atoms with Crippen LogP contribution in [0.1, 0.15) is 46.0 Å². The van der Waals surface area contributed by atoms with Crippen molar-refractivity contribution < 1.29 is 14.5 Å². The molecule has 0 radical (unpaired) electrons. The van der Waals surface area contributed by atoms with Crippen molar-refractivity contribution in [1.29, 1.82) is 0 Å². The quantitative estimate of drug-likeness (QED) is 0.441. The first kappa shape index (κ1) is 13.1. The Labute approximate surface area is 106 Å². The zero-order chi connectivity index (χ0) is 13.3. The van der Waals surface area contributed by atoms with Gasteiger partial charge in [-0.1, -0.05) is 19.3 Å². The molecule has 0 unspecified atom stereocenters. The lowest BCUT2D eigenvalue weighted by Crippen LogP contribution is -2.29. The number of amides is 1. The maximum Gasteiger partial charge on any atom is 0.415 e. The van der Waals surface area contributed by atoms with Gasteiger partial charge in [-0.05, 0) is 25.7 Å². The van der Waals surface area contributed by atoms with Crippen LogP contribution in [0.15, 0.2) is 0 Å². The average Bonchev–Trinajstić information content (AvgIpc) is 2.99. The van der Waals surface area contributed by atoms with E-state index in [1.807, 2.05) is 0 Å². The van der Waals surface area contributed by atoms with E-state index >= 15 is 0 Å². The third-order valence-corrected chi connectivity index (χ3v) is 4.19. The van der Waals surface area contributed by atoms with Crippen LogP contribution in [0.5, 0.6) is 0 Å². The molecule has 6 nitrogen and oxygen atoms in total. The second-order valence-electron chi connectivity index (χ2n) is 5.26. The summed E-state index contributed by atoms with van der Waals surface area (Å²) in [7, 11) is 0. The first-order valence-electron chi connectivity index (χ1n) is 6.64. The number of nitro groups is 1. The Morgan fingerprint density at radius 3 is 2.56 bits per heavy atom.